The highest BCUT2D eigenvalue weighted by Gasteiger charge is 2.20. The molecule has 0 spiro atoms. The topological polar surface area (TPSA) is 41.1 Å². The van der Waals surface area contributed by atoms with Crippen molar-refractivity contribution in [2.24, 2.45) is 23.7 Å². The monoisotopic (exact) mass is 408 g/mol. The molecule has 0 atom stereocenters. The number of hydrogen-bond acceptors (Lipinski definition) is 1. The highest BCUT2D eigenvalue weighted by atomic mass is 16.2. The number of carbonyl (C=O) groups is 1. The number of urea groups is 1. The van der Waals surface area contributed by atoms with Crippen molar-refractivity contribution in [1.82, 2.24) is 0 Å². The highest BCUT2D eigenvalue weighted by molar-refractivity contribution is 5.99. The maximum atomic E-state index is 12.4. The van der Waals surface area contributed by atoms with Gasteiger partial charge in [0.1, 0.15) is 0 Å². The standard InChI is InChI=1S/C27H40N2O/c1-17(2)25(18(3)4)21-9-13-23(14-10-21)28-27(30)29-24-15-11-22(12-16-24)26(19(5)6)20(7)8/h9-20,25-26H,1-8H3,(H2,28,29,30). The molecule has 3 nitrogen and oxygen atoms in total. The average molecular weight is 409 g/mol. The Morgan fingerprint density at radius 3 is 1.03 bits per heavy atom. The van der Waals surface area contributed by atoms with Crippen LogP contribution in [-0.2, 0) is 0 Å². The van der Waals surface area contributed by atoms with E-state index in [4.69, 9.17) is 0 Å². The van der Waals surface area contributed by atoms with Gasteiger partial charge in [-0.05, 0) is 70.9 Å². The summed E-state index contributed by atoms with van der Waals surface area (Å²) in [5, 5.41) is 5.88. The normalized spacial score (nSPS) is 11.9. The van der Waals surface area contributed by atoms with E-state index in [0.717, 1.165) is 11.4 Å². The molecule has 0 saturated carbocycles. The molecule has 2 rings (SSSR count). The first kappa shape index (κ1) is 24.0. The quantitative estimate of drug-likeness (QED) is 0.455. The average Bonchev–Trinajstić information content (AvgIpc) is 2.63. The predicted molar refractivity (Wildman–Crippen MR) is 130 cm³/mol. The van der Waals surface area contributed by atoms with Crippen LogP contribution in [-0.4, -0.2) is 6.03 Å². The molecule has 164 valence electrons. The lowest BCUT2D eigenvalue weighted by Crippen LogP contribution is -2.20. The fraction of sp³-hybridized carbons (Fsp3) is 0.519. The van der Waals surface area contributed by atoms with Gasteiger partial charge in [-0.2, -0.15) is 0 Å². The SMILES string of the molecule is CC(C)C(c1ccc(NC(=O)Nc2ccc(C(C(C)C)C(C)C)cc2)cc1)C(C)C. The molecule has 0 fully saturated rings. The highest BCUT2D eigenvalue weighted by Crippen LogP contribution is 2.33. The second-order valence-electron chi connectivity index (χ2n) is 9.85. The van der Waals surface area contributed by atoms with Crippen LogP contribution in [0.5, 0.6) is 0 Å². The molecule has 2 aromatic rings. The molecule has 0 aromatic heterocycles. The third-order valence-electron chi connectivity index (χ3n) is 5.98. The third kappa shape index (κ3) is 6.35. The van der Waals surface area contributed by atoms with Crippen LogP contribution in [0.2, 0.25) is 0 Å². The minimum Gasteiger partial charge on any atom is -0.308 e. The number of nitrogens with one attached hydrogen (secondary N) is 2. The largest absolute Gasteiger partial charge is 0.323 e. The van der Waals surface area contributed by atoms with E-state index < -0.39 is 0 Å². The molecule has 0 saturated heterocycles. The molecule has 0 heterocycles. The van der Waals surface area contributed by atoms with Gasteiger partial charge in [0.15, 0.2) is 0 Å². The number of amides is 2. The summed E-state index contributed by atoms with van der Waals surface area (Å²) in [4.78, 5) is 12.4. The van der Waals surface area contributed by atoms with Crippen LogP contribution in [0.15, 0.2) is 48.5 Å². The summed E-state index contributed by atoms with van der Waals surface area (Å²) in [7, 11) is 0. The second-order valence-corrected chi connectivity index (χ2v) is 9.85. The fourth-order valence-corrected chi connectivity index (χ4v) is 4.95. The van der Waals surface area contributed by atoms with Gasteiger partial charge in [-0.25, -0.2) is 4.79 Å². The zero-order valence-corrected chi connectivity index (χ0v) is 20.0. The van der Waals surface area contributed by atoms with Gasteiger partial charge in [-0.15, -0.1) is 0 Å². The lowest BCUT2D eigenvalue weighted by Gasteiger charge is -2.25. The Kier molecular flexibility index (Phi) is 8.52. The van der Waals surface area contributed by atoms with Crippen LogP contribution in [0.25, 0.3) is 0 Å². The van der Waals surface area contributed by atoms with Crippen molar-refractivity contribution < 1.29 is 4.79 Å². The molecule has 30 heavy (non-hydrogen) atoms. The maximum absolute atomic E-state index is 12.4. The van der Waals surface area contributed by atoms with Crippen molar-refractivity contribution in [1.29, 1.82) is 0 Å². The van der Waals surface area contributed by atoms with Gasteiger partial charge in [0.2, 0.25) is 0 Å². The first-order valence-electron chi connectivity index (χ1n) is 11.4. The van der Waals surface area contributed by atoms with Crippen molar-refractivity contribution in [2.45, 2.75) is 67.2 Å². The van der Waals surface area contributed by atoms with Gasteiger partial charge in [0.05, 0.1) is 0 Å². The summed E-state index contributed by atoms with van der Waals surface area (Å²) >= 11 is 0. The molecular formula is C27H40N2O. The van der Waals surface area contributed by atoms with E-state index in [2.05, 4.69) is 90.3 Å². The predicted octanol–water partition coefficient (Wildman–Crippen LogP) is 8.12. The number of rotatable bonds is 8. The summed E-state index contributed by atoms with van der Waals surface area (Å²) in [6, 6.07) is 16.3. The number of hydrogen-bond donors (Lipinski definition) is 2. The molecule has 3 heteroatoms. The van der Waals surface area contributed by atoms with Gasteiger partial charge >= 0.3 is 6.03 Å². The smallest absolute Gasteiger partial charge is 0.308 e. The van der Waals surface area contributed by atoms with E-state index in [-0.39, 0.29) is 6.03 Å². The minimum absolute atomic E-state index is 0.218. The van der Waals surface area contributed by atoms with Crippen LogP contribution in [0, 0.1) is 23.7 Å². The van der Waals surface area contributed by atoms with Crippen molar-refractivity contribution >= 4 is 17.4 Å². The zero-order chi connectivity index (χ0) is 22.4. The molecule has 2 N–H and O–H groups in total. The third-order valence-corrected chi connectivity index (χ3v) is 5.98. The Hall–Kier alpha value is -2.29. The Balaban J connectivity index is 2.00. The lowest BCUT2D eigenvalue weighted by molar-refractivity contribution is 0.262. The summed E-state index contributed by atoms with van der Waals surface area (Å²) < 4.78 is 0. The van der Waals surface area contributed by atoms with Gasteiger partial charge in [0, 0.05) is 11.4 Å². The lowest BCUT2D eigenvalue weighted by atomic mass is 9.80. The summed E-state index contributed by atoms with van der Waals surface area (Å²) in [6.07, 6.45) is 0. The molecule has 0 aliphatic heterocycles. The molecule has 0 radical (unpaired) electrons. The first-order valence-corrected chi connectivity index (χ1v) is 11.4. The van der Waals surface area contributed by atoms with Crippen LogP contribution in [0.3, 0.4) is 0 Å². The van der Waals surface area contributed by atoms with Crippen LogP contribution in [0.4, 0.5) is 16.2 Å². The van der Waals surface area contributed by atoms with Crippen molar-refractivity contribution in [3.05, 3.63) is 59.7 Å². The summed E-state index contributed by atoms with van der Waals surface area (Å²) in [5.74, 6) is 3.38. The van der Waals surface area contributed by atoms with Crippen molar-refractivity contribution in [3.8, 4) is 0 Å². The van der Waals surface area contributed by atoms with Crippen LogP contribution >= 0.6 is 0 Å². The van der Waals surface area contributed by atoms with Crippen LogP contribution in [0.1, 0.15) is 78.4 Å². The summed E-state index contributed by atoms with van der Waals surface area (Å²) in [6.45, 7) is 18.1. The Morgan fingerprint density at radius 2 is 0.800 bits per heavy atom. The van der Waals surface area contributed by atoms with Crippen molar-refractivity contribution in [2.75, 3.05) is 10.6 Å². The van der Waals surface area contributed by atoms with Crippen molar-refractivity contribution in [3.63, 3.8) is 0 Å². The maximum Gasteiger partial charge on any atom is 0.323 e. The summed E-state index contributed by atoms with van der Waals surface area (Å²) in [5.41, 5.74) is 4.26. The van der Waals surface area contributed by atoms with E-state index in [1.807, 2.05) is 24.3 Å². The van der Waals surface area contributed by atoms with Gasteiger partial charge in [-0.3, -0.25) is 0 Å². The van der Waals surface area contributed by atoms with Gasteiger partial charge in [-0.1, -0.05) is 79.7 Å². The van der Waals surface area contributed by atoms with Gasteiger partial charge < -0.3 is 10.6 Å². The van der Waals surface area contributed by atoms with E-state index in [1.165, 1.54) is 11.1 Å². The van der Waals surface area contributed by atoms with E-state index in [9.17, 15) is 4.79 Å². The van der Waals surface area contributed by atoms with E-state index >= 15 is 0 Å². The molecule has 0 unspecified atom stereocenters. The molecule has 0 aliphatic carbocycles. The molecular weight excluding hydrogens is 368 g/mol. The van der Waals surface area contributed by atoms with E-state index in [0.29, 0.717) is 35.5 Å². The first-order chi connectivity index (χ1) is 14.1. The van der Waals surface area contributed by atoms with Gasteiger partial charge in [0.25, 0.3) is 0 Å². The molecule has 2 amide bonds. The number of anilines is 2. The fourth-order valence-electron chi connectivity index (χ4n) is 4.95. The zero-order valence-electron chi connectivity index (χ0n) is 20.0. The van der Waals surface area contributed by atoms with E-state index in [1.54, 1.807) is 0 Å². The number of benzene rings is 2. The molecule has 2 aromatic carbocycles. The Morgan fingerprint density at radius 1 is 0.533 bits per heavy atom. The number of carbonyl (C=O) groups excluding carboxylic acids is 1. The molecule has 0 bridgehead atoms. The minimum atomic E-state index is -0.218. The van der Waals surface area contributed by atoms with Crippen LogP contribution < -0.4 is 10.6 Å². The Labute approximate surface area is 183 Å². The molecule has 0 aliphatic rings. The second kappa shape index (κ2) is 10.7. The Bertz CT molecular complexity index is 705.